The van der Waals surface area contributed by atoms with Crippen LogP contribution in [-0.2, 0) is 17.8 Å². The number of nitrogens with one attached hydrogen (secondary N) is 1. The third kappa shape index (κ3) is 4.19. The van der Waals surface area contributed by atoms with Gasteiger partial charge >= 0.3 is 5.97 Å². The number of thiophene rings is 1. The molecule has 0 aromatic carbocycles. The Morgan fingerprint density at radius 2 is 2.21 bits per heavy atom. The number of carboxylic acid groups (broad SMARTS) is 1. The van der Waals surface area contributed by atoms with Crippen LogP contribution in [0.4, 0.5) is 5.69 Å². The van der Waals surface area contributed by atoms with Crippen LogP contribution in [-0.4, -0.2) is 16.1 Å². The molecule has 2 aromatic heterocycles. The van der Waals surface area contributed by atoms with E-state index < -0.39 is 5.97 Å². The number of carbonyl (C=O) groups is 1. The Morgan fingerprint density at radius 1 is 1.47 bits per heavy atom. The maximum absolute atomic E-state index is 10.6. The summed E-state index contributed by atoms with van der Waals surface area (Å²) in [4.78, 5) is 16.5. The summed E-state index contributed by atoms with van der Waals surface area (Å²) in [6.07, 6.45) is 1.69. The van der Waals surface area contributed by atoms with Crippen molar-refractivity contribution >= 4 is 50.5 Å². The summed E-state index contributed by atoms with van der Waals surface area (Å²) < 4.78 is 0.845. The molecule has 4 nitrogen and oxygen atoms in total. The Kier molecular flexibility index (Phi) is 4.79. The number of anilines is 1. The first-order valence-electron chi connectivity index (χ1n) is 5.39. The third-order valence-corrected chi connectivity index (χ3v) is 4.12. The molecule has 2 rings (SSSR count). The molecule has 0 aliphatic carbocycles. The lowest BCUT2D eigenvalue weighted by molar-refractivity contribution is -0.136. The standard InChI is InChI=1S/C12H10BrClN2O2S/c13-7-3-10(12(14)16-5-7)15-6-9-2-1-8(19-9)4-11(17)18/h1-3,5,15H,4,6H2,(H,17,18). The summed E-state index contributed by atoms with van der Waals surface area (Å²) in [6.45, 7) is 0.585. The van der Waals surface area contributed by atoms with Gasteiger partial charge in [-0.25, -0.2) is 4.98 Å². The summed E-state index contributed by atoms with van der Waals surface area (Å²) in [5.41, 5.74) is 0.740. The van der Waals surface area contributed by atoms with Crippen LogP contribution >= 0.6 is 38.9 Å². The molecule has 0 aliphatic heterocycles. The molecular weight excluding hydrogens is 352 g/mol. The van der Waals surface area contributed by atoms with Gasteiger partial charge in [-0.1, -0.05) is 11.6 Å². The van der Waals surface area contributed by atoms with Gasteiger partial charge < -0.3 is 10.4 Å². The lowest BCUT2D eigenvalue weighted by Gasteiger charge is -2.06. The zero-order chi connectivity index (χ0) is 13.8. The number of halogens is 2. The van der Waals surface area contributed by atoms with E-state index in [4.69, 9.17) is 16.7 Å². The second kappa shape index (κ2) is 6.36. The first-order chi connectivity index (χ1) is 9.04. The van der Waals surface area contributed by atoms with Crippen molar-refractivity contribution in [1.82, 2.24) is 4.98 Å². The fraction of sp³-hybridized carbons (Fsp3) is 0.167. The largest absolute Gasteiger partial charge is 0.481 e. The molecule has 0 saturated heterocycles. The molecular formula is C12H10BrClN2O2S. The third-order valence-electron chi connectivity index (χ3n) is 2.30. The molecule has 7 heteroatoms. The van der Waals surface area contributed by atoms with Crippen molar-refractivity contribution in [2.24, 2.45) is 0 Å². The van der Waals surface area contributed by atoms with Gasteiger partial charge in [0.05, 0.1) is 12.1 Å². The lowest BCUT2D eigenvalue weighted by atomic mass is 10.3. The van der Waals surface area contributed by atoms with E-state index in [-0.39, 0.29) is 6.42 Å². The van der Waals surface area contributed by atoms with Gasteiger partial charge in [-0.2, -0.15) is 0 Å². The number of rotatable bonds is 5. The fourth-order valence-electron chi connectivity index (χ4n) is 1.49. The number of aliphatic carboxylic acids is 1. The predicted octanol–water partition coefficient (Wildman–Crippen LogP) is 3.80. The maximum atomic E-state index is 10.6. The molecule has 0 atom stereocenters. The maximum Gasteiger partial charge on any atom is 0.308 e. The van der Waals surface area contributed by atoms with Crippen molar-refractivity contribution in [3.05, 3.63) is 43.8 Å². The molecule has 2 heterocycles. The number of aromatic nitrogens is 1. The Morgan fingerprint density at radius 3 is 2.95 bits per heavy atom. The number of hydrogen-bond acceptors (Lipinski definition) is 4. The smallest absolute Gasteiger partial charge is 0.308 e. The molecule has 0 fully saturated rings. The van der Waals surface area contributed by atoms with Gasteiger partial charge in [0.1, 0.15) is 0 Å². The highest BCUT2D eigenvalue weighted by Gasteiger charge is 2.06. The van der Waals surface area contributed by atoms with Crippen molar-refractivity contribution in [1.29, 1.82) is 0 Å². The van der Waals surface area contributed by atoms with Crippen LogP contribution in [0.2, 0.25) is 5.15 Å². The van der Waals surface area contributed by atoms with Crippen LogP contribution in [0.3, 0.4) is 0 Å². The SMILES string of the molecule is O=C(O)Cc1ccc(CNc2cc(Br)cnc2Cl)s1. The zero-order valence-electron chi connectivity index (χ0n) is 9.69. The molecule has 0 unspecified atom stereocenters. The van der Waals surface area contributed by atoms with E-state index in [2.05, 4.69) is 26.2 Å². The molecule has 0 bridgehead atoms. The van der Waals surface area contributed by atoms with Crippen molar-refractivity contribution in [2.75, 3.05) is 5.32 Å². The quantitative estimate of drug-likeness (QED) is 0.795. The van der Waals surface area contributed by atoms with Crippen molar-refractivity contribution in [3.8, 4) is 0 Å². The van der Waals surface area contributed by atoms with Crippen molar-refractivity contribution in [3.63, 3.8) is 0 Å². The van der Waals surface area contributed by atoms with Gasteiger partial charge in [0, 0.05) is 27.0 Å². The minimum Gasteiger partial charge on any atom is -0.481 e. The Labute approximate surface area is 127 Å². The summed E-state index contributed by atoms with van der Waals surface area (Å²) in [5, 5.41) is 12.3. The predicted molar refractivity (Wildman–Crippen MR) is 79.9 cm³/mol. The second-order valence-electron chi connectivity index (χ2n) is 3.78. The van der Waals surface area contributed by atoms with E-state index >= 15 is 0 Å². The fourth-order valence-corrected chi connectivity index (χ4v) is 2.94. The molecule has 0 aliphatic rings. The van der Waals surface area contributed by atoms with Crippen LogP contribution in [0.5, 0.6) is 0 Å². The summed E-state index contributed by atoms with van der Waals surface area (Å²) in [5.74, 6) is -0.819. The summed E-state index contributed by atoms with van der Waals surface area (Å²) in [6, 6.07) is 5.59. The Hall–Kier alpha value is -1.11. The van der Waals surface area contributed by atoms with E-state index in [0.717, 1.165) is 19.9 Å². The first-order valence-corrected chi connectivity index (χ1v) is 7.37. The van der Waals surface area contributed by atoms with E-state index in [9.17, 15) is 4.79 Å². The normalized spacial score (nSPS) is 10.4. The van der Waals surface area contributed by atoms with Crippen LogP contribution in [0, 0.1) is 0 Å². The molecule has 2 aromatic rings. The lowest BCUT2D eigenvalue weighted by Crippen LogP contribution is -1.99. The summed E-state index contributed by atoms with van der Waals surface area (Å²) >= 11 is 10.8. The van der Waals surface area contributed by atoms with E-state index in [1.165, 1.54) is 11.3 Å². The summed E-state index contributed by atoms with van der Waals surface area (Å²) in [7, 11) is 0. The van der Waals surface area contributed by atoms with Gasteiger partial charge in [-0.15, -0.1) is 11.3 Å². The average molecular weight is 362 g/mol. The average Bonchev–Trinajstić information content (AvgIpc) is 2.77. The van der Waals surface area contributed by atoms with Crippen LogP contribution in [0.1, 0.15) is 9.75 Å². The van der Waals surface area contributed by atoms with Gasteiger partial charge in [0.15, 0.2) is 5.15 Å². The highest BCUT2D eigenvalue weighted by molar-refractivity contribution is 9.10. The van der Waals surface area contributed by atoms with Crippen molar-refractivity contribution in [2.45, 2.75) is 13.0 Å². The van der Waals surface area contributed by atoms with E-state index in [0.29, 0.717) is 11.7 Å². The van der Waals surface area contributed by atoms with Gasteiger partial charge in [0.25, 0.3) is 0 Å². The topological polar surface area (TPSA) is 62.2 Å². The minimum absolute atomic E-state index is 0.0594. The number of hydrogen-bond donors (Lipinski definition) is 2. The molecule has 0 amide bonds. The van der Waals surface area contributed by atoms with Crippen LogP contribution in [0.15, 0.2) is 28.9 Å². The molecule has 0 saturated carbocycles. The number of carboxylic acids is 1. The monoisotopic (exact) mass is 360 g/mol. The van der Waals surface area contributed by atoms with Crippen LogP contribution < -0.4 is 5.32 Å². The molecule has 2 N–H and O–H groups in total. The molecule has 19 heavy (non-hydrogen) atoms. The minimum atomic E-state index is -0.819. The number of pyridine rings is 1. The molecule has 0 radical (unpaired) electrons. The molecule has 0 spiro atoms. The highest BCUT2D eigenvalue weighted by atomic mass is 79.9. The van der Waals surface area contributed by atoms with Gasteiger partial charge in [-0.05, 0) is 34.1 Å². The first kappa shape index (κ1) is 14.3. The Balaban J connectivity index is 2.00. The molecule has 100 valence electrons. The van der Waals surface area contributed by atoms with E-state index in [1.807, 2.05) is 18.2 Å². The highest BCUT2D eigenvalue weighted by Crippen LogP contribution is 2.25. The zero-order valence-corrected chi connectivity index (χ0v) is 12.8. The van der Waals surface area contributed by atoms with E-state index in [1.54, 1.807) is 6.20 Å². The van der Waals surface area contributed by atoms with Crippen LogP contribution in [0.25, 0.3) is 0 Å². The number of nitrogens with zero attached hydrogens (tertiary/aromatic N) is 1. The Bertz CT molecular complexity index is 603. The van der Waals surface area contributed by atoms with Crippen molar-refractivity contribution < 1.29 is 9.90 Å². The van der Waals surface area contributed by atoms with Gasteiger partial charge in [0.2, 0.25) is 0 Å². The second-order valence-corrected chi connectivity index (χ2v) is 6.31. The van der Waals surface area contributed by atoms with Gasteiger partial charge in [-0.3, -0.25) is 4.79 Å².